The van der Waals surface area contributed by atoms with Crippen LogP contribution in [-0.2, 0) is 54.7 Å². The van der Waals surface area contributed by atoms with Gasteiger partial charge >= 0.3 is 11.9 Å². The zero-order valence-electron chi connectivity index (χ0n) is 36.1. The van der Waals surface area contributed by atoms with E-state index in [1.807, 2.05) is 72.8 Å². The number of benzene rings is 4. The van der Waals surface area contributed by atoms with E-state index in [9.17, 15) is 19.2 Å². The maximum atomic E-state index is 13.1. The molecule has 0 spiro atoms. The summed E-state index contributed by atoms with van der Waals surface area (Å²) in [5.74, 6) is 1.12. The third kappa shape index (κ3) is 14.1. The molecular weight excluding hydrogens is 749 g/mol. The molecule has 0 saturated carbocycles. The van der Waals surface area contributed by atoms with Crippen LogP contribution in [0.5, 0.6) is 0 Å². The number of ether oxygens (including phenoxy) is 2. The molecule has 6 atom stereocenters. The second kappa shape index (κ2) is 24.4. The Kier molecular flexibility index (Phi) is 18.7. The Balaban J connectivity index is 0.000000228. The molecule has 6 rings (SSSR count). The first-order valence-corrected chi connectivity index (χ1v) is 22.0. The first-order chi connectivity index (χ1) is 29.2. The maximum Gasteiger partial charge on any atom is 0.323 e. The molecule has 2 aliphatic heterocycles. The fourth-order valence-corrected chi connectivity index (χ4v) is 9.10. The van der Waals surface area contributed by atoms with E-state index in [4.69, 9.17) is 9.47 Å². The van der Waals surface area contributed by atoms with E-state index < -0.39 is 0 Å². The zero-order valence-corrected chi connectivity index (χ0v) is 36.1. The third-order valence-electron chi connectivity index (χ3n) is 12.0. The molecule has 320 valence electrons. The molecule has 0 aromatic heterocycles. The largest absolute Gasteiger partial charge is 0.460 e. The lowest BCUT2D eigenvalue weighted by Gasteiger charge is -2.33. The highest BCUT2D eigenvalue weighted by molar-refractivity contribution is 5.76. The lowest BCUT2D eigenvalue weighted by molar-refractivity contribution is -0.153. The predicted octanol–water partition coefficient (Wildman–Crippen LogP) is 9.33. The summed E-state index contributed by atoms with van der Waals surface area (Å²) in [6.45, 7) is 10.7. The molecule has 2 heterocycles. The Morgan fingerprint density at radius 3 is 1.15 bits per heavy atom. The van der Waals surface area contributed by atoms with Gasteiger partial charge < -0.3 is 19.1 Å². The second-order valence-corrected chi connectivity index (χ2v) is 17.4. The summed E-state index contributed by atoms with van der Waals surface area (Å²) in [5.41, 5.74) is 4.54. The predicted molar refractivity (Wildman–Crippen MR) is 238 cm³/mol. The SMILES string of the molecule is CC(C)C[C@@H](C(=O)OCc1ccccc1)N1CC[C@@H](Cc2ccccc2)[C@@H]1CC=O.CC(C)C[C@@H](C(=O)OCc1ccccc1)N1CC[C@@H](Cc2ccccc2)[C@H]1CC=O. The molecule has 0 unspecified atom stereocenters. The number of carbonyl (C=O) groups excluding carboxylic acids is 4. The molecule has 8 nitrogen and oxygen atoms in total. The highest BCUT2D eigenvalue weighted by atomic mass is 16.5. The number of hydrogen-bond acceptors (Lipinski definition) is 8. The van der Waals surface area contributed by atoms with Crippen molar-refractivity contribution in [2.45, 2.75) is 116 Å². The van der Waals surface area contributed by atoms with E-state index in [0.29, 0.717) is 36.5 Å². The first kappa shape index (κ1) is 46.2. The van der Waals surface area contributed by atoms with Crippen LogP contribution in [0.3, 0.4) is 0 Å². The summed E-state index contributed by atoms with van der Waals surface area (Å²) < 4.78 is 11.4. The minimum Gasteiger partial charge on any atom is -0.460 e. The second-order valence-electron chi connectivity index (χ2n) is 17.4. The van der Waals surface area contributed by atoms with Crippen LogP contribution in [-0.4, -0.2) is 71.6 Å². The fraction of sp³-hybridized carbons (Fsp3) is 0.462. The molecule has 0 radical (unpaired) electrons. The van der Waals surface area contributed by atoms with Crippen LogP contribution in [0.2, 0.25) is 0 Å². The Hall–Kier alpha value is -4.92. The highest BCUT2D eigenvalue weighted by Gasteiger charge is 2.42. The van der Waals surface area contributed by atoms with Gasteiger partial charge in [0.1, 0.15) is 37.9 Å². The molecule has 4 aromatic rings. The molecule has 2 fully saturated rings. The molecule has 0 bridgehead atoms. The smallest absolute Gasteiger partial charge is 0.323 e. The average Bonchev–Trinajstić information content (AvgIpc) is 3.84. The molecular formula is C52H66N2O6. The van der Waals surface area contributed by atoms with E-state index in [-0.39, 0.29) is 49.3 Å². The molecule has 60 heavy (non-hydrogen) atoms. The van der Waals surface area contributed by atoms with Crippen LogP contribution in [0, 0.1) is 23.7 Å². The van der Waals surface area contributed by atoms with Crippen molar-refractivity contribution in [3.05, 3.63) is 144 Å². The number of carbonyl (C=O) groups is 4. The van der Waals surface area contributed by atoms with Crippen LogP contribution in [0.15, 0.2) is 121 Å². The van der Waals surface area contributed by atoms with Gasteiger partial charge in [-0.05, 0) is 97.5 Å². The zero-order chi connectivity index (χ0) is 42.7. The normalized spacial score (nSPS) is 20.2. The van der Waals surface area contributed by atoms with Gasteiger partial charge in [-0.15, -0.1) is 0 Å². The summed E-state index contributed by atoms with van der Waals surface area (Å²) in [6, 6.07) is 39.9. The van der Waals surface area contributed by atoms with Crippen molar-refractivity contribution >= 4 is 24.5 Å². The average molecular weight is 815 g/mol. The number of likely N-dealkylation sites (tertiary alicyclic amines) is 2. The van der Waals surface area contributed by atoms with E-state index >= 15 is 0 Å². The number of rotatable bonds is 20. The Morgan fingerprint density at radius 2 is 0.850 bits per heavy atom. The van der Waals surface area contributed by atoms with Crippen LogP contribution in [0.4, 0.5) is 0 Å². The molecule has 0 N–H and O–H groups in total. The van der Waals surface area contributed by atoms with Crippen molar-refractivity contribution in [2.75, 3.05) is 13.1 Å². The van der Waals surface area contributed by atoms with Gasteiger partial charge in [-0.3, -0.25) is 19.4 Å². The monoisotopic (exact) mass is 814 g/mol. The van der Waals surface area contributed by atoms with Crippen molar-refractivity contribution in [1.29, 1.82) is 0 Å². The van der Waals surface area contributed by atoms with Crippen molar-refractivity contribution in [3.8, 4) is 0 Å². The van der Waals surface area contributed by atoms with Gasteiger partial charge in [0, 0.05) is 24.9 Å². The number of esters is 2. The molecule has 8 heteroatoms. The van der Waals surface area contributed by atoms with Gasteiger partial charge in [-0.2, -0.15) is 0 Å². The van der Waals surface area contributed by atoms with Gasteiger partial charge in [-0.25, -0.2) is 0 Å². The Morgan fingerprint density at radius 1 is 0.533 bits per heavy atom. The lowest BCUT2D eigenvalue weighted by Crippen LogP contribution is -2.47. The van der Waals surface area contributed by atoms with Crippen LogP contribution < -0.4 is 0 Å². The van der Waals surface area contributed by atoms with Crippen LogP contribution in [0.1, 0.15) is 88.5 Å². The molecule has 0 aliphatic carbocycles. The number of aldehydes is 2. The summed E-state index contributed by atoms with van der Waals surface area (Å²) in [4.78, 5) is 53.7. The van der Waals surface area contributed by atoms with Crippen molar-refractivity contribution in [3.63, 3.8) is 0 Å². The van der Waals surface area contributed by atoms with Gasteiger partial charge in [-0.1, -0.05) is 149 Å². The summed E-state index contributed by atoms with van der Waals surface area (Å²) in [5, 5.41) is 0. The molecule has 2 saturated heterocycles. The lowest BCUT2D eigenvalue weighted by atomic mass is 9.90. The van der Waals surface area contributed by atoms with Crippen molar-refractivity contribution in [1.82, 2.24) is 9.80 Å². The third-order valence-corrected chi connectivity index (χ3v) is 12.0. The minimum atomic E-state index is -0.306. The maximum absolute atomic E-state index is 13.1. The fourth-order valence-electron chi connectivity index (χ4n) is 9.10. The molecule has 2 aliphatic rings. The summed E-state index contributed by atoms with van der Waals surface area (Å²) >= 11 is 0. The van der Waals surface area contributed by atoms with Gasteiger partial charge in [0.2, 0.25) is 0 Å². The van der Waals surface area contributed by atoms with E-state index in [1.165, 1.54) is 11.1 Å². The van der Waals surface area contributed by atoms with E-state index in [2.05, 4.69) is 86.0 Å². The van der Waals surface area contributed by atoms with E-state index in [0.717, 1.165) is 75.3 Å². The highest BCUT2D eigenvalue weighted by Crippen LogP contribution is 2.35. The van der Waals surface area contributed by atoms with Crippen LogP contribution >= 0.6 is 0 Å². The van der Waals surface area contributed by atoms with Gasteiger partial charge in [0.15, 0.2) is 0 Å². The molecule has 0 amide bonds. The Labute approximate surface area is 358 Å². The minimum absolute atomic E-state index is 0.0794. The van der Waals surface area contributed by atoms with E-state index in [1.54, 1.807) is 0 Å². The van der Waals surface area contributed by atoms with Gasteiger partial charge in [0.25, 0.3) is 0 Å². The van der Waals surface area contributed by atoms with Crippen molar-refractivity contribution < 1.29 is 28.7 Å². The standard InChI is InChI=1S/2C26H33NO3/c2*1-20(2)17-25(26(29)30-19-22-11-7-4-8-12-22)27-15-13-23(24(27)14-16-28)18-21-9-5-3-6-10-21/h2*3-12,16,20,23-25H,13-15,17-19H2,1-2H3/t23-,24+,25-;23-,24-,25-/m00/s1. The van der Waals surface area contributed by atoms with Crippen molar-refractivity contribution in [2.24, 2.45) is 23.7 Å². The number of hydrogen-bond donors (Lipinski definition) is 0. The first-order valence-electron chi connectivity index (χ1n) is 22.0. The summed E-state index contributed by atoms with van der Waals surface area (Å²) in [6.07, 6.45) is 8.25. The number of nitrogens with zero attached hydrogens (tertiary/aromatic N) is 2. The van der Waals surface area contributed by atoms with Gasteiger partial charge in [0.05, 0.1) is 0 Å². The molecule has 4 aromatic carbocycles. The summed E-state index contributed by atoms with van der Waals surface area (Å²) in [7, 11) is 0. The van der Waals surface area contributed by atoms with Crippen LogP contribution in [0.25, 0.3) is 0 Å². The topological polar surface area (TPSA) is 93.2 Å². The Bertz CT molecular complexity index is 1720. The quantitative estimate of drug-likeness (QED) is 0.0644.